The number of benzene rings is 1. The number of amides is 2. The molecule has 1 heterocycles. The number of carbonyl (C=O) groups is 3. The van der Waals surface area contributed by atoms with Crippen LogP contribution in [0.15, 0.2) is 58.6 Å². The number of sulfonamides is 1. The Labute approximate surface area is 155 Å². The van der Waals surface area contributed by atoms with Crippen LogP contribution in [-0.4, -0.2) is 39.4 Å². The Bertz CT molecular complexity index is 919. The highest BCUT2D eigenvalue weighted by Crippen LogP contribution is 2.02. The average molecular weight is 392 g/mol. The van der Waals surface area contributed by atoms with Crippen LogP contribution in [0.1, 0.15) is 16.1 Å². The highest BCUT2D eigenvalue weighted by Gasteiger charge is 2.15. The Hall–Kier alpha value is -3.24. The van der Waals surface area contributed by atoms with Crippen molar-refractivity contribution >= 4 is 33.9 Å². The van der Waals surface area contributed by atoms with Gasteiger partial charge in [0.15, 0.2) is 12.4 Å². The monoisotopic (exact) mass is 392 g/mol. The van der Waals surface area contributed by atoms with Crippen LogP contribution in [0.4, 0.5) is 0 Å². The second-order valence-electron chi connectivity index (χ2n) is 5.09. The summed E-state index contributed by atoms with van der Waals surface area (Å²) in [5, 5.41) is 2.86. The maximum Gasteiger partial charge on any atom is 0.321 e. The number of hydrogen-bond donors (Lipinski definition) is 2. The highest BCUT2D eigenvalue weighted by molar-refractivity contribution is 7.92. The number of hydrogen-bond acceptors (Lipinski definition) is 7. The molecule has 10 heteroatoms. The normalized spacial score (nSPS) is 11.3. The van der Waals surface area contributed by atoms with Crippen LogP contribution in [0, 0.1) is 0 Å². The highest BCUT2D eigenvalue weighted by atomic mass is 32.2. The van der Waals surface area contributed by atoms with Gasteiger partial charge in [0.1, 0.15) is 6.54 Å². The Balaban J connectivity index is 1.72. The lowest BCUT2D eigenvalue weighted by atomic mass is 10.2. The van der Waals surface area contributed by atoms with E-state index in [4.69, 9.17) is 4.42 Å². The zero-order valence-electron chi connectivity index (χ0n) is 14.0. The molecular formula is C17H16N2O7S. The first-order chi connectivity index (χ1) is 12.9. The topological polar surface area (TPSA) is 132 Å². The van der Waals surface area contributed by atoms with Gasteiger partial charge in [0.05, 0.1) is 6.26 Å². The summed E-state index contributed by atoms with van der Waals surface area (Å²) in [4.78, 5) is 34.6. The molecule has 0 aliphatic rings. The van der Waals surface area contributed by atoms with E-state index >= 15 is 0 Å². The smallest absolute Gasteiger partial charge is 0.321 e. The third-order valence-electron chi connectivity index (χ3n) is 3.02. The Morgan fingerprint density at radius 2 is 1.81 bits per heavy atom. The molecule has 0 saturated heterocycles. The van der Waals surface area contributed by atoms with Gasteiger partial charge in [-0.2, -0.15) is 0 Å². The second kappa shape index (κ2) is 9.46. The van der Waals surface area contributed by atoms with E-state index in [1.54, 1.807) is 30.3 Å². The Morgan fingerprint density at radius 1 is 1.07 bits per heavy atom. The van der Waals surface area contributed by atoms with Gasteiger partial charge in [0.25, 0.3) is 11.8 Å². The molecule has 1 aromatic carbocycles. The van der Waals surface area contributed by atoms with Crippen LogP contribution >= 0.6 is 0 Å². The van der Waals surface area contributed by atoms with Crippen molar-refractivity contribution in [1.29, 1.82) is 0 Å². The SMILES string of the molecule is O=C(COC(=O)CNS(=O)(=O)/C=C/c1ccccc1)NC(=O)c1ccco1. The van der Waals surface area contributed by atoms with Crippen molar-refractivity contribution in [2.45, 2.75) is 0 Å². The number of esters is 1. The molecule has 0 radical (unpaired) electrons. The van der Waals surface area contributed by atoms with Crippen LogP contribution in [-0.2, 0) is 24.3 Å². The fourth-order valence-corrected chi connectivity index (χ4v) is 2.52. The third kappa shape index (κ3) is 7.26. The lowest BCUT2D eigenvalue weighted by molar-refractivity contribution is -0.147. The summed E-state index contributed by atoms with van der Waals surface area (Å²) in [5.41, 5.74) is 0.670. The van der Waals surface area contributed by atoms with Crippen LogP contribution in [0.5, 0.6) is 0 Å². The standard InChI is InChI=1S/C17H16N2O7S/c20-15(19-17(22)14-7-4-9-25-14)12-26-16(21)11-18-27(23,24)10-8-13-5-2-1-3-6-13/h1-10,18H,11-12H2,(H,19,20,22)/b10-8+. The van der Waals surface area contributed by atoms with E-state index in [1.165, 1.54) is 24.5 Å². The van der Waals surface area contributed by atoms with E-state index < -0.39 is 41.0 Å². The molecule has 2 N–H and O–H groups in total. The first-order valence-electron chi connectivity index (χ1n) is 7.62. The molecule has 2 amide bonds. The summed E-state index contributed by atoms with van der Waals surface area (Å²) in [6, 6.07) is 11.5. The minimum absolute atomic E-state index is 0.0763. The molecule has 142 valence electrons. The van der Waals surface area contributed by atoms with Crippen molar-refractivity contribution in [1.82, 2.24) is 10.0 Å². The fourth-order valence-electron chi connectivity index (χ4n) is 1.77. The summed E-state index contributed by atoms with van der Waals surface area (Å²) in [6.45, 7) is -1.41. The van der Waals surface area contributed by atoms with Crippen LogP contribution in [0.2, 0.25) is 0 Å². The molecular weight excluding hydrogens is 376 g/mol. The Kier molecular flexibility index (Phi) is 7.03. The molecule has 1 aromatic heterocycles. The van der Waals surface area contributed by atoms with E-state index in [-0.39, 0.29) is 5.76 Å². The number of imide groups is 1. The van der Waals surface area contributed by atoms with E-state index in [0.717, 1.165) is 5.41 Å². The van der Waals surface area contributed by atoms with Gasteiger partial charge in [-0.25, -0.2) is 13.1 Å². The van der Waals surface area contributed by atoms with Gasteiger partial charge in [0.2, 0.25) is 10.0 Å². The molecule has 2 rings (SSSR count). The summed E-state index contributed by atoms with van der Waals surface area (Å²) in [5.74, 6) is -2.72. The molecule has 0 bridgehead atoms. The zero-order chi connectivity index (χ0) is 19.7. The number of ether oxygens (including phenoxy) is 1. The molecule has 0 saturated carbocycles. The fraction of sp³-hybridized carbons (Fsp3) is 0.118. The van der Waals surface area contributed by atoms with Crippen molar-refractivity contribution < 1.29 is 32.0 Å². The molecule has 0 fully saturated rings. The minimum atomic E-state index is -3.86. The third-order valence-corrected chi connectivity index (χ3v) is 4.06. The van der Waals surface area contributed by atoms with E-state index in [2.05, 4.69) is 4.74 Å². The predicted molar refractivity (Wildman–Crippen MR) is 94.5 cm³/mol. The Morgan fingerprint density at radius 3 is 2.48 bits per heavy atom. The lowest BCUT2D eigenvalue weighted by Crippen LogP contribution is -2.36. The number of rotatable bonds is 8. The van der Waals surface area contributed by atoms with Crippen molar-refractivity contribution in [3.05, 3.63) is 65.5 Å². The van der Waals surface area contributed by atoms with Crippen molar-refractivity contribution in [2.24, 2.45) is 0 Å². The maximum absolute atomic E-state index is 11.8. The molecule has 27 heavy (non-hydrogen) atoms. The number of nitrogens with one attached hydrogen (secondary N) is 2. The molecule has 0 aliphatic carbocycles. The van der Waals surface area contributed by atoms with Gasteiger partial charge < -0.3 is 9.15 Å². The van der Waals surface area contributed by atoms with E-state index in [1.807, 2.05) is 10.0 Å². The van der Waals surface area contributed by atoms with Crippen molar-refractivity contribution in [3.63, 3.8) is 0 Å². The van der Waals surface area contributed by atoms with Gasteiger partial charge in [-0.1, -0.05) is 30.3 Å². The molecule has 0 atom stereocenters. The first kappa shape index (κ1) is 20.1. The zero-order valence-corrected chi connectivity index (χ0v) is 14.8. The van der Waals surface area contributed by atoms with Crippen LogP contribution in [0.3, 0.4) is 0 Å². The molecule has 0 unspecified atom stereocenters. The van der Waals surface area contributed by atoms with Crippen molar-refractivity contribution in [2.75, 3.05) is 13.2 Å². The van der Waals surface area contributed by atoms with Crippen molar-refractivity contribution in [3.8, 4) is 0 Å². The summed E-state index contributed by atoms with van der Waals surface area (Å²) in [7, 11) is -3.86. The molecule has 0 spiro atoms. The first-order valence-corrected chi connectivity index (χ1v) is 9.16. The molecule has 0 aliphatic heterocycles. The lowest BCUT2D eigenvalue weighted by Gasteiger charge is -2.05. The average Bonchev–Trinajstić information content (AvgIpc) is 3.19. The van der Waals surface area contributed by atoms with Gasteiger partial charge in [-0.3, -0.25) is 19.7 Å². The predicted octanol–water partition coefficient (Wildman–Crippen LogP) is 0.669. The van der Waals surface area contributed by atoms with Gasteiger partial charge >= 0.3 is 5.97 Å². The molecule has 9 nitrogen and oxygen atoms in total. The maximum atomic E-state index is 11.8. The second-order valence-corrected chi connectivity index (χ2v) is 6.75. The number of carbonyl (C=O) groups excluding carboxylic acids is 3. The quantitative estimate of drug-likeness (QED) is 0.631. The van der Waals surface area contributed by atoms with Gasteiger partial charge in [-0.15, -0.1) is 0 Å². The van der Waals surface area contributed by atoms with Gasteiger partial charge in [0, 0.05) is 5.41 Å². The minimum Gasteiger partial charge on any atom is -0.459 e. The van der Waals surface area contributed by atoms with E-state index in [9.17, 15) is 22.8 Å². The molecule has 2 aromatic rings. The number of furan rings is 1. The van der Waals surface area contributed by atoms with Crippen LogP contribution < -0.4 is 10.0 Å². The largest absolute Gasteiger partial charge is 0.459 e. The summed E-state index contributed by atoms with van der Waals surface area (Å²) in [6.07, 6.45) is 2.62. The summed E-state index contributed by atoms with van der Waals surface area (Å²) >= 11 is 0. The van der Waals surface area contributed by atoms with E-state index in [0.29, 0.717) is 5.56 Å². The van der Waals surface area contributed by atoms with Gasteiger partial charge in [-0.05, 0) is 23.8 Å². The van der Waals surface area contributed by atoms with Crippen LogP contribution in [0.25, 0.3) is 6.08 Å². The summed E-state index contributed by atoms with van der Waals surface area (Å²) < 4.78 is 35.0.